The van der Waals surface area contributed by atoms with Crippen molar-refractivity contribution in [3.63, 3.8) is 0 Å². The maximum Gasteiger partial charge on any atom is 0.107 e. The molecular formula is C17H34O2. The van der Waals surface area contributed by atoms with E-state index >= 15 is 0 Å². The molecule has 0 amide bonds. The van der Waals surface area contributed by atoms with Crippen LogP contribution in [0.15, 0.2) is 0 Å². The largest absolute Gasteiger partial charge is 0.375 e. The van der Waals surface area contributed by atoms with Gasteiger partial charge in [-0.05, 0) is 12.8 Å². The van der Waals surface area contributed by atoms with Crippen molar-refractivity contribution in [2.24, 2.45) is 0 Å². The van der Waals surface area contributed by atoms with Crippen LogP contribution < -0.4 is 0 Å². The maximum absolute atomic E-state index is 5.86. The van der Waals surface area contributed by atoms with Gasteiger partial charge in [0.2, 0.25) is 0 Å². The van der Waals surface area contributed by atoms with Crippen molar-refractivity contribution in [1.82, 2.24) is 0 Å². The summed E-state index contributed by atoms with van der Waals surface area (Å²) >= 11 is 0. The van der Waals surface area contributed by atoms with Crippen LogP contribution in [0.2, 0.25) is 0 Å². The first-order valence-corrected chi connectivity index (χ1v) is 8.61. The molecule has 0 N–H and O–H groups in total. The molecule has 0 spiro atoms. The fourth-order valence-electron chi connectivity index (χ4n) is 2.58. The van der Waals surface area contributed by atoms with Crippen LogP contribution in [0.4, 0.5) is 0 Å². The van der Waals surface area contributed by atoms with E-state index in [2.05, 4.69) is 13.8 Å². The lowest BCUT2D eigenvalue weighted by molar-refractivity contribution is 0.0288. The highest BCUT2D eigenvalue weighted by atomic mass is 16.6. The minimum atomic E-state index is 0.360. The molecule has 2 atom stereocenters. The smallest absolute Gasteiger partial charge is 0.107 e. The molecular weight excluding hydrogens is 236 g/mol. The monoisotopic (exact) mass is 270 g/mol. The Morgan fingerprint density at radius 1 is 0.895 bits per heavy atom. The molecule has 0 bridgehead atoms. The van der Waals surface area contributed by atoms with Crippen molar-refractivity contribution in [2.75, 3.05) is 13.2 Å². The quantitative estimate of drug-likeness (QED) is 0.323. The number of hydrogen-bond acceptors (Lipinski definition) is 2. The first-order chi connectivity index (χ1) is 9.38. The van der Waals surface area contributed by atoms with Crippen molar-refractivity contribution < 1.29 is 9.47 Å². The fraction of sp³-hybridized carbons (Fsp3) is 1.00. The van der Waals surface area contributed by atoms with E-state index < -0.39 is 0 Å². The second kappa shape index (κ2) is 11.7. The van der Waals surface area contributed by atoms with Crippen LogP contribution in [0.3, 0.4) is 0 Å². The molecule has 1 aliphatic heterocycles. The van der Waals surface area contributed by atoms with Crippen molar-refractivity contribution in [3.05, 3.63) is 0 Å². The van der Waals surface area contributed by atoms with Crippen molar-refractivity contribution in [1.29, 1.82) is 0 Å². The predicted molar refractivity (Wildman–Crippen MR) is 81.6 cm³/mol. The van der Waals surface area contributed by atoms with Gasteiger partial charge in [0.25, 0.3) is 0 Å². The van der Waals surface area contributed by atoms with Crippen molar-refractivity contribution in [3.8, 4) is 0 Å². The van der Waals surface area contributed by atoms with E-state index in [0.29, 0.717) is 12.2 Å². The Hall–Kier alpha value is -0.0800. The van der Waals surface area contributed by atoms with Crippen molar-refractivity contribution >= 4 is 0 Å². The molecule has 2 nitrogen and oxygen atoms in total. The molecule has 0 saturated carbocycles. The number of unbranched alkanes of at least 4 members (excludes halogenated alkanes) is 9. The molecule has 0 aromatic carbocycles. The predicted octanol–water partition coefficient (Wildman–Crippen LogP) is 5.10. The van der Waals surface area contributed by atoms with Crippen LogP contribution >= 0.6 is 0 Å². The third-order valence-corrected chi connectivity index (χ3v) is 4.01. The van der Waals surface area contributed by atoms with E-state index in [1.54, 1.807) is 0 Å². The van der Waals surface area contributed by atoms with Crippen LogP contribution in [0.5, 0.6) is 0 Å². The minimum Gasteiger partial charge on any atom is -0.375 e. The van der Waals surface area contributed by atoms with E-state index in [9.17, 15) is 0 Å². The van der Waals surface area contributed by atoms with Crippen molar-refractivity contribution in [2.45, 2.75) is 96.7 Å². The summed E-state index contributed by atoms with van der Waals surface area (Å²) < 4.78 is 11.1. The number of epoxide rings is 1. The Balaban J connectivity index is 1.73. The van der Waals surface area contributed by atoms with Gasteiger partial charge in [-0.3, -0.25) is 0 Å². The summed E-state index contributed by atoms with van der Waals surface area (Å²) in [5.41, 5.74) is 0. The Labute approximate surface area is 120 Å². The van der Waals surface area contributed by atoms with Gasteiger partial charge in [0.15, 0.2) is 0 Å². The second-order valence-corrected chi connectivity index (χ2v) is 5.87. The van der Waals surface area contributed by atoms with Gasteiger partial charge in [-0.15, -0.1) is 0 Å². The molecule has 1 saturated heterocycles. The molecule has 114 valence electrons. The summed E-state index contributed by atoms with van der Waals surface area (Å²) in [5.74, 6) is 0. The molecule has 1 heterocycles. The van der Waals surface area contributed by atoms with Crippen LogP contribution in [-0.4, -0.2) is 25.4 Å². The number of hydrogen-bond donors (Lipinski definition) is 0. The van der Waals surface area contributed by atoms with Gasteiger partial charge in [-0.2, -0.15) is 0 Å². The van der Waals surface area contributed by atoms with Gasteiger partial charge >= 0.3 is 0 Å². The molecule has 0 aromatic heterocycles. The zero-order chi connectivity index (χ0) is 13.8. The van der Waals surface area contributed by atoms with Crippen LogP contribution in [0.25, 0.3) is 0 Å². The zero-order valence-electron chi connectivity index (χ0n) is 13.2. The normalized spacial score (nSPS) is 19.6. The van der Waals surface area contributed by atoms with Crippen LogP contribution in [0, 0.1) is 0 Å². The second-order valence-electron chi connectivity index (χ2n) is 5.87. The Morgan fingerprint density at radius 2 is 1.42 bits per heavy atom. The third-order valence-electron chi connectivity index (χ3n) is 4.01. The summed E-state index contributed by atoms with van der Waals surface area (Å²) in [5, 5.41) is 0. The molecule has 19 heavy (non-hydrogen) atoms. The standard InChI is InChI=1S/C17H34O2/c1-3-5-6-7-8-9-10-11-12-13-14-18-16(4-2)17-15-19-17/h16-17H,3-15H2,1-2H3. The van der Waals surface area contributed by atoms with Gasteiger partial charge in [-0.25, -0.2) is 0 Å². The number of rotatable bonds is 14. The lowest BCUT2D eigenvalue weighted by atomic mass is 10.1. The zero-order valence-corrected chi connectivity index (χ0v) is 13.2. The van der Waals surface area contributed by atoms with Gasteiger partial charge in [0.05, 0.1) is 12.7 Å². The highest BCUT2D eigenvalue weighted by Crippen LogP contribution is 2.20. The summed E-state index contributed by atoms with van der Waals surface area (Å²) in [7, 11) is 0. The Morgan fingerprint density at radius 3 is 1.89 bits per heavy atom. The number of ether oxygens (including phenoxy) is 2. The van der Waals surface area contributed by atoms with E-state index in [-0.39, 0.29) is 0 Å². The Kier molecular flexibility index (Phi) is 10.5. The highest BCUT2D eigenvalue weighted by molar-refractivity contribution is 4.78. The first kappa shape index (κ1) is 17.0. The van der Waals surface area contributed by atoms with Gasteiger partial charge < -0.3 is 9.47 Å². The minimum absolute atomic E-state index is 0.360. The summed E-state index contributed by atoms with van der Waals surface area (Å²) in [6.07, 6.45) is 15.7. The summed E-state index contributed by atoms with van der Waals surface area (Å²) in [4.78, 5) is 0. The summed E-state index contributed by atoms with van der Waals surface area (Å²) in [6.45, 7) is 6.30. The van der Waals surface area contributed by atoms with E-state index in [1.807, 2.05) is 0 Å². The molecule has 0 aromatic rings. The van der Waals surface area contributed by atoms with Crippen LogP contribution in [0.1, 0.15) is 84.5 Å². The molecule has 1 aliphatic rings. The van der Waals surface area contributed by atoms with E-state index in [0.717, 1.165) is 19.6 Å². The van der Waals surface area contributed by atoms with E-state index in [1.165, 1.54) is 64.2 Å². The van der Waals surface area contributed by atoms with Gasteiger partial charge in [-0.1, -0.05) is 71.6 Å². The summed E-state index contributed by atoms with van der Waals surface area (Å²) in [6, 6.07) is 0. The van der Waals surface area contributed by atoms with E-state index in [4.69, 9.17) is 9.47 Å². The lowest BCUT2D eigenvalue weighted by Crippen LogP contribution is -2.19. The molecule has 0 aliphatic carbocycles. The topological polar surface area (TPSA) is 21.8 Å². The molecule has 1 fully saturated rings. The Bertz CT molecular complexity index is 190. The average Bonchev–Trinajstić information content (AvgIpc) is 3.25. The maximum atomic E-state index is 5.86. The molecule has 2 heteroatoms. The average molecular weight is 270 g/mol. The van der Waals surface area contributed by atoms with Gasteiger partial charge in [0.1, 0.15) is 6.10 Å². The van der Waals surface area contributed by atoms with Crippen LogP contribution in [-0.2, 0) is 9.47 Å². The highest BCUT2D eigenvalue weighted by Gasteiger charge is 2.31. The SMILES string of the molecule is CCCCCCCCCCCCOC(CC)C1CO1. The fourth-order valence-corrected chi connectivity index (χ4v) is 2.58. The third kappa shape index (κ3) is 9.45. The lowest BCUT2D eigenvalue weighted by Gasteiger charge is -2.13. The van der Waals surface area contributed by atoms with Gasteiger partial charge in [0, 0.05) is 6.61 Å². The molecule has 0 radical (unpaired) electrons. The molecule has 1 rings (SSSR count). The molecule has 2 unspecified atom stereocenters. The first-order valence-electron chi connectivity index (χ1n) is 8.61.